The zero-order chi connectivity index (χ0) is 13.0. The molecule has 1 unspecified atom stereocenters. The quantitative estimate of drug-likeness (QED) is 0.789. The normalized spacial score (nSPS) is 12.6. The average molecular weight is 251 g/mol. The SMILES string of the molecule is CCc1cc(NC(=O)C(S)C(C)C)ccc1C. The highest BCUT2D eigenvalue weighted by Gasteiger charge is 2.17. The van der Waals surface area contributed by atoms with Crippen LogP contribution in [0.2, 0.25) is 0 Å². The Kier molecular flexibility index (Phi) is 5.06. The molecule has 94 valence electrons. The van der Waals surface area contributed by atoms with Gasteiger partial charge in [0.1, 0.15) is 0 Å². The fourth-order valence-electron chi connectivity index (χ4n) is 1.65. The van der Waals surface area contributed by atoms with Crippen LogP contribution in [0, 0.1) is 12.8 Å². The number of benzene rings is 1. The molecule has 0 radical (unpaired) electrons. The zero-order valence-electron chi connectivity index (χ0n) is 10.9. The highest BCUT2D eigenvalue weighted by atomic mass is 32.1. The second-order valence-electron chi connectivity index (χ2n) is 4.67. The van der Waals surface area contributed by atoms with E-state index >= 15 is 0 Å². The van der Waals surface area contributed by atoms with E-state index in [0.717, 1.165) is 12.1 Å². The third-order valence-corrected chi connectivity index (χ3v) is 3.73. The lowest BCUT2D eigenvalue weighted by molar-refractivity contribution is -0.116. The monoisotopic (exact) mass is 251 g/mol. The van der Waals surface area contributed by atoms with Gasteiger partial charge in [0, 0.05) is 5.69 Å². The largest absolute Gasteiger partial charge is 0.325 e. The summed E-state index contributed by atoms with van der Waals surface area (Å²) >= 11 is 4.31. The van der Waals surface area contributed by atoms with Gasteiger partial charge in [0.25, 0.3) is 0 Å². The number of rotatable bonds is 4. The Morgan fingerprint density at radius 1 is 1.41 bits per heavy atom. The summed E-state index contributed by atoms with van der Waals surface area (Å²) < 4.78 is 0. The lowest BCUT2D eigenvalue weighted by Gasteiger charge is -2.15. The lowest BCUT2D eigenvalue weighted by Crippen LogP contribution is -2.27. The second kappa shape index (κ2) is 6.10. The molecule has 0 aromatic heterocycles. The number of thiol groups is 1. The summed E-state index contributed by atoms with van der Waals surface area (Å²) in [7, 11) is 0. The van der Waals surface area contributed by atoms with Gasteiger partial charge in [-0.2, -0.15) is 12.6 Å². The van der Waals surface area contributed by atoms with Crippen molar-refractivity contribution in [3.63, 3.8) is 0 Å². The van der Waals surface area contributed by atoms with Gasteiger partial charge in [-0.25, -0.2) is 0 Å². The Balaban J connectivity index is 2.78. The Hall–Kier alpha value is -0.960. The molecule has 1 atom stereocenters. The van der Waals surface area contributed by atoms with Crippen LogP contribution in [0.15, 0.2) is 18.2 Å². The molecule has 0 aliphatic heterocycles. The number of carbonyl (C=O) groups excluding carboxylic acids is 1. The van der Waals surface area contributed by atoms with Gasteiger partial charge < -0.3 is 5.32 Å². The van der Waals surface area contributed by atoms with Crippen LogP contribution >= 0.6 is 12.6 Å². The van der Waals surface area contributed by atoms with Crippen molar-refractivity contribution in [2.75, 3.05) is 5.32 Å². The van der Waals surface area contributed by atoms with Crippen LogP contribution in [0.4, 0.5) is 5.69 Å². The fourth-order valence-corrected chi connectivity index (χ4v) is 1.71. The molecule has 0 aliphatic carbocycles. The molecule has 1 rings (SSSR count). The molecule has 2 nitrogen and oxygen atoms in total. The van der Waals surface area contributed by atoms with E-state index in [4.69, 9.17) is 0 Å². The molecule has 17 heavy (non-hydrogen) atoms. The van der Waals surface area contributed by atoms with E-state index < -0.39 is 0 Å². The first kappa shape index (κ1) is 14.1. The predicted octanol–water partition coefficient (Wildman–Crippen LogP) is 3.45. The second-order valence-corrected chi connectivity index (χ2v) is 5.23. The van der Waals surface area contributed by atoms with Gasteiger partial charge in [0.05, 0.1) is 5.25 Å². The zero-order valence-corrected chi connectivity index (χ0v) is 11.8. The van der Waals surface area contributed by atoms with Crippen molar-refractivity contribution < 1.29 is 4.79 Å². The maximum absolute atomic E-state index is 11.9. The first-order valence-electron chi connectivity index (χ1n) is 6.04. The van der Waals surface area contributed by atoms with Gasteiger partial charge in [-0.3, -0.25) is 4.79 Å². The molecule has 1 amide bonds. The van der Waals surface area contributed by atoms with E-state index in [2.05, 4.69) is 31.8 Å². The molecular weight excluding hydrogens is 230 g/mol. The number of aryl methyl sites for hydroxylation is 2. The number of hydrogen-bond acceptors (Lipinski definition) is 2. The van der Waals surface area contributed by atoms with Crippen LogP contribution in [-0.4, -0.2) is 11.2 Å². The molecule has 0 spiro atoms. The Labute approximate surface area is 109 Å². The maximum Gasteiger partial charge on any atom is 0.237 e. The number of carbonyl (C=O) groups is 1. The molecule has 1 aromatic carbocycles. The molecule has 1 aromatic rings. The summed E-state index contributed by atoms with van der Waals surface area (Å²) in [6, 6.07) is 6.01. The molecule has 0 aliphatic rings. The summed E-state index contributed by atoms with van der Waals surface area (Å²) in [5.41, 5.74) is 3.39. The van der Waals surface area contributed by atoms with Gasteiger partial charge >= 0.3 is 0 Å². The maximum atomic E-state index is 11.9. The fraction of sp³-hybridized carbons (Fsp3) is 0.500. The van der Waals surface area contributed by atoms with Crippen LogP contribution in [0.25, 0.3) is 0 Å². The summed E-state index contributed by atoms with van der Waals surface area (Å²) in [5, 5.41) is 2.65. The van der Waals surface area contributed by atoms with Crippen LogP contribution < -0.4 is 5.32 Å². The molecule has 0 bridgehead atoms. The lowest BCUT2D eigenvalue weighted by atomic mass is 10.1. The Morgan fingerprint density at radius 2 is 2.06 bits per heavy atom. The van der Waals surface area contributed by atoms with E-state index in [0.29, 0.717) is 0 Å². The highest BCUT2D eigenvalue weighted by Crippen LogP contribution is 2.18. The van der Waals surface area contributed by atoms with Gasteiger partial charge in [0.2, 0.25) is 5.91 Å². The van der Waals surface area contributed by atoms with Crippen molar-refractivity contribution in [1.29, 1.82) is 0 Å². The third-order valence-electron chi connectivity index (χ3n) is 2.90. The van der Waals surface area contributed by atoms with Gasteiger partial charge in [-0.1, -0.05) is 26.8 Å². The molecule has 0 saturated carbocycles. The number of amides is 1. The summed E-state index contributed by atoms with van der Waals surface area (Å²) in [5.74, 6) is 0.198. The van der Waals surface area contributed by atoms with Crippen LogP contribution in [-0.2, 0) is 11.2 Å². The van der Waals surface area contributed by atoms with Gasteiger partial charge in [0.15, 0.2) is 0 Å². The van der Waals surface area contributed by atoms with E-state index in [9.17, 15) is 4.79 Å². The minimum atomic E-state index is -0.263. The average Bonchev–Trinajstić information content (AvgIpc) is 2.30. The van der Waals surface area contributed by atoms with Crippen molar-refractivity contribution in [2.24, 2.45) is 5.92 Å². The molecule has 0 heterocycles. The molecule has 0 fully saturated rings. The van der Waals surface area contributed by atoms with E-state index in [1.54, 1.807) is 0 Å². The minimum absolute atomic E-state index is 0.0331. The molecular formula is C14H21NOS. The van der Waals surface area contributed by atoms with Crippen LogP contribution in [0.3, 0.4) is 0 Å². The topological polar surface area (TPSA) is 29.1 Å². The van der Waals surface area contributed by atoms with Crippen LogP contribution in [0.5, 0.6) is 0 Å². The summed E-state index contributed by atoms with van der Waals surface area (Å²) in [6.07, 6.45) is 0.976. The van der Waals surface area contributed by atoms with Crippen molar-refractivity contribution in [2.45, 2.75) is 39.4 Å². The van der Waals surface area contributed by atoms with E-state index in [1.807, 2.05) is 32.0 Å². The van der Waals surface area contributed by atoms with Crippen LogP contribution in [0.1, 0.15) is 31.9 Å². The number of nitrogens with one attached hydrogen (secondary N) is 1. The van der Waals surface area contributed by atoms with Gasteiger partial charge in [-0.15, -0.1) is 0 Å². The summed E-state index contributed by atoms with van der Waals surface area (Å²) in [6.45, 7) is 8.18. The smallest absolute Gasteiger partial charge is 0.237 e. The molecule has 1 N–H and O–H groups in total. The first-order chi connectivity index (χ1) is 7.95. The number of hydrogen-bond donors (Lipinski definition) is 2. The van der Waals surface area contributed by atoms with Crippen molar-refractivity contribution in [3.8, 4) is 0 Å². The standard InChI is InChI=1S/C14H21NOS/c1-5-11-8-12(7-6-10(11)4)15-14(16)13(17)9(2)3/h6-9,13,17H,5H2,1-4H3,(H,15,16). The minimum Gasteiger partial charge on any atom is -0.325 e. The first-order valence-corrected chi connectivity index (χ1v) is 6.55. The Morgan fingerprint density at radius 3 is 2.59 bits per heavy atom. The van der Waals surface area contributed by atoms with E-state index in [-0.39, 0.29) is 17.1 Å². The summed E-state index contributed by atoms with van der Waals surface area (Å²) in [4.78, 5) is 11.9. The van der Waals surface area contributed by atoms with Gasteiger partial charge in [-0.05, 0) is 42.5 Å². The predicted molar refractivity (Wildman–Crippen MR) is 76.8 cm³/mol. The third kappa shape index (κ3) is 3.77. The molecule has 3 heteroatoms. The van der Waals surface area contributed by atoms with Crippen molar-refractivity contribution >= 4 is 24.2 Å². The number of anilines is 1. The van der Waals surface area contributed by atoms with Crippen molar-refractivity contribution in [3.05, 3.63) is 29.3 Å². The van der Waals surface area contributed by atoms with E-state index in [1.165, 1.54) is 11.1 Å². The highest BCUT2D eigenvalue weighted by molar-refractivity contribution is 7.81. The van der Waals surface area contributed by atoms with Crippen molar-refractivity contribution in [1.82, 2.24) is 0 Å². The molecule has 0 saturated heterocycles. The Bertz CT molecular complexity index is 401.